The maximum Gasteiger partial charge on any atom is 0.263 e. The third kappa shape index (κ3) is 3.59. The molecule has 2 N–H and O–H groups in total. The summed E-state index contributed by atoms with van der Waals surface area (Å²) >= 11 is 1.45. The van der Waals surface area contributed by atoms with E-state index in [0.717, 1.165) is 17.0 Å². The summed E-state index contributed by atoms with van der Waals surface area (Å²) in [7, 11) is -3.53. The van der Waals surface area contributed by atoms with Gasteiger partial charge in [0.1, 0.15) is 4.90 Å². The van der Waals surface area contributed by atoms with E-state index in [1.54, 1.807) is 17.5 Å². The second-order valence-electron chi connectivity index (χ2n) is 4.46. The van der Waals surface area contributed by atoms with Gasteiger partial charge in [-0.15, -0.1) is 11.3 Å². The molecule has 0 fully saturated rings. The quantitative estimate of drug-likeness (QED) is 0.862. The molecule has 0 saturated heterocycles. The Labute approximate surface area is 123 Å². The third-order valence-corrected chi connectivity index (χ3v) is 5.32. The topological polar surface area (TPSA) is 58.2 Å². The molecule has 1 aromatic heterocycles. The van der Waals surface area contributed by atoms with E-state index in [-0.39, 0.29) is 0 Å². The van der Waals surface area contributed by atoms with Crippen LogP contribution < -0.4 is 10.0 Å². The highest BCUT2D eigenvalue weighted by molar-refractivity contribution is 7.93. The lowest BCUT2D eigenvalue weighted by Gasteiger charge is -2.09. The minimum atomic E-state index is -3.53. The zero-order valence-corrected chi connectivity index (χ0v) is 13.1. The molecule has 0 unspecified atom stereocenters. The van der Waals surface area contributed by atoms with Gasteiger partial charge in [-0.1, -0.05) is 19.1 Å². The Kier molecular flexibility index (Phi) is 4.80. The lowest BCUT2D eigenvalue weighted by Crippen LogP contribution is -2.17. The Balaban J connectivity index is 2.24. The molecule has 1 heterocycles. The van der Waals surface area contributed by atoms with Crippen LogP contribution in [0.25, 0.3) is 0 Å². The summed E-state index contributed by atoms with van der Waals surface area (Å²) < 4.78 is 27.5. The van der Waals surface area contributed by atoms with Gasteiger partial charge in [-0.05, 0) is 42.6 Å². The Hall–Kier alpha value is -1.37. The summed E-state index contributed by atoms with van der Waals surface area (Å²) in [5.74, 6) is 0. The summed E-state index contributed by atoms with van der Waals surface area (Å²) in [5, 5.41) is 4.96. The minimum absolute atomic E-state index is 0.352. The van der Waals surface area contributed by atoms with E-state index in [4.69, 9.17) is 0 Å². The van der Waals surface area contributed by atoms with Gasteiger partial charge in [-0.2, -0.15) is 0 Å². The minimum Gasteiger partial charge on any atom is -0.312 e. The Morgan fingerprint density at radius 2 is 2.05 bits per heavy atom. The Morgan fingerprint density at radius 3 is 2.75 bits per heavy atom. The Morgan fingerprint density at radius 1 is 1.25 bits per heavy atom. The normalized spacial score (nSPS) is 11.5. The first kappa shape index (κ1) is 15.0. The Bertz CT molecular complexity index is 678. The van der Waals surface area contributed by atoms with Gasteiger partial charge in [-0.25, -0.2) is 8.42 Å². The van der Waals surface area contributed by atoms with Crippen molar-refractivity contribution in [1.82, 2.24) is 5.32 Å². The maximum absolute atomic E-state index is 12.4. The molecular formula is C14H18N2O2S2. The number of thiophene rings is 1. The summed E-state index contributed by atoms with van der Waals surface area (Å²) in [6.45, 7) is 5.30. The number of hydrogen-bond acceptors (Lipinski definition) is 4. The van der Waals surface area contributed by atoms with Gasteiger partial charge >= 0.3 is 0 Å². The fraction of sp³-hybridized carbons (Fsp3) is 0.286. The highest BCUT2D eigenvalue weighted by Crippen LogP contribution is 2.24. The predicted octanol–water partition coefficient (Wildman–Crippen LogP) is 2.97. The largest absolute Gasteiger partial charge is 0.312 e. The molecule has 0 radical (unpaired) electrons. The first-order valence-corrected chi connectivity index (χ1v) is 8.76. The molecule has 108 valence electrons. The number of aryl methyl sites for hydroxylation is 1. The van der Waals surface area contributed by atoms with Gasteiger partial charge in [0.2, 0.25) is 0 Å². The number of benzene rings is 1. The first-order chi connectivity index (χ1) is 9.53. The van der Waals surface area contributed by atoms with Gasteiger partial charge in [0.25, 0.3) is 10.0 Å². The third-order valence-electron chi connectivity index (χ3n) is 2.80. The molecule has 20 heavy (non-hydrogen) atoms. The van der Waals surface area contributed by atoms with Crippen molar-refractivity contribution in [3.8, 4) is 0 Å². The van der Waals surface area contributed by atoms with Gasteiger partial charge in [0.15, 0.2) is 0 Å². The van der Waals surface area contributed by atoms with Crippen molar-refractivity contribution in [1.29, 1.82) is 0 Å². The van der Waals surface area contributed by atoms with E-state index in [0.29, 0.717) is 17.1 Å². The molecule has 0 aliphatic carbocycles. The molecule has 0 amide bonds. The smallest absolute Gasteiger partial charge is 0.263 e. The molecule has 0 saturated carbocycles. The van der Waals surface area contributed by atoms with Crippen LogP contribution in [0.1, 0.15) is 17.4 Å². The fourth-order valence-corrected chi connectivity index (χ4v) is 4.32. The van der Waals surface area contributed by atoms with Crippen LogP contribution in [0.15, 0.2) is 40.6 Å². The van der Waals surface area contributed by atoms with Crippen LogP contribution in [0.2, 0.25) is 0 Å². The average molecular weight is 310 g/mol. The molecule has 2 rings (SSSR count). The van der Waals surface area contributed by atoms with Gasteiger partial charge in [-0.3, -0.25) is 4.72 Å². The number of rotatable bonds is 6. The van der Waals surface area contributed by atoms with Crippen LogP contribution in [-0.2, 0) is 16.6 Å². The number of nitrogens with one attached hydrogen (secondary N) is 2. The summed E-state index contributed by atoms with van der Waals surface area (Å²) in [4.78, 5) is 1.18. The second-order valence-corrected chi connectivity index (χ2v) is 7.11. The summed E-state index contributed by atoms with van der Waals surface area (Å²) in [6.07, 6.45) is 0. The molecule has 0 aliphatic heterocycles. The molecule has 0 aliphatic rings. The number of sulfonamides is 1. The van der Waals surface area contributed by atoms with Crippen molar-refractivity contribution in [2.24, 2.45) is 0 Å². The van der Waals surface area contributed by atoms with E-state index in [1.165, 1.54) is 11.3 Å². The van der Waals surface area contributed by atoms with Gasteiger partial charge in [0.05, 0.1) is 0 Å². The van der Waals surface area contributed by atoms with Crippen LogP contribution in [0.5, 0.6) is 0 Å². The van der Waals surface area contributed by atoms with Crippen molar-refractivity contribution in [3.05, 3.63) is 46.2 Å². The summed E-state index contributed by atoms with van der Waals surface area (Å²) in [5.41, 5.74) is 1.61. The molecule has 0 bridgehead atoms. The van der Waals surface area contributed by atoms with Crippen LogP contribution in [0.3, 0.4) is 0 Å². The molecule has 2 aromatic rings. The molecule has 6 heteroatoms. The average Bonchev–Trinajstić information content (AvgIpc) is 2.85. The molecule has 0 spiro atoms. The SMILES string of the molecule is CCNCc1sccc1S(=O)(=O)Nc1cccc(C)c1. The van der Waals surface area contributed by atoms with E-state index in [2.05, 4.69) is 10.0 Å². The van der Waals surface area contributed by atoms with E-state index < -0.39 is 10.0 Å². The molecular weight excluding hydrogens is 292 g/mol. The van der Waals surface area contributed by atoms with Crippen LogP contribution in [0, 0.1) is 6.92 Å². The van der Waals surface area contributed by atoms with Crippen LogP contribution >= 0.6 is 11.3 Å². The van der Waals surface area contributed by atoms with Crippen molar-refractivity contribution in [2.45, 2.75) is 25.3 Å². The lowest BCUT2D eigenvalue weighted by molar-refractivity contribution is 0.599. The first-order valence-electron chi connectivity index (χ1n) is 6.39. The van der Waals surface area contributed by atoms with Crippen LogP contribution in [0.4, 0.5) is 5.69 Å². The molecule has 4 nitrogen and oxygen atoms in total. The van der Waals surface area contributed by atoms with Crippen molar-refractivity contribution in [3.63, 3.8) is 0 Å². The van der Waals surface area contributed by atoms with Gasteiger partial charge < -0.3 is 5.32 Å². The maximum atomic E-state index is 12.4. The molecule has 1 aromatic carbocycles. The highest BCUT2D eigenvalue weighted by atomic mass is 32.2. The number of anilines is 1. The van der Waals surface area contributed by atoms with E-state index in [1.807, 2.05) is 32.0 Å². The van der Waals surface area contributed by atoms with E-state index >= 15 is 0 Å². The van der Waals surface area contributed by atoms with E-state index in [9.17, 15) is 8.42 Å². The van der Waals surface area contributed by atoms with Crippen molar-refractivity contribution in [2.75, 3.05) is 11.3 Å². The fourth-order valence-electron chi connectivity index (χ4n) is 1.85. The van der Waals surface area contributed by atoms with Crippen LogP contribution in [-0.4, -0.2) is 15.0 Å². The monoisotopic (exact) mass is 310 g/mol. The molecule has 0 atom stereocenters. The zero-order chi connectivity index (χ0) is 14.6. The number of hydrogen-bond donors (Lipinski definition) is 2. The predicted molar refractivity (Wildman–Crippen MR) is 83.7 cm³/mol. The summed E-state index contributed by atoms with van der Waals surface area (Å²) in [6, 6.07) is 8.98. The standard InChI is InChI=1S/C14H18N2O2S2/c1-3-15-10-13-14(7-8-19-13)20(17,18)16-12-6-4-5-11(2)9-12/h4-9,15-16H,3,10H2,1-2H3. The zero-order valence-electron chi connectivity index (χ0n) is 11.5. The van der Waals surface area contributed by atoms with Gasteiger partial charge in [0, 0.05) is 17.1 Å². The van der Waals surface area contributed by atoms with Crippen molar-refractivity contribution >= 4 is 27.0 Å². The lowest BCUT2D eigenvalue weighted by atomic mass is 10.2. The second kappa shape index (κ2) is 6.39. The highest BCUT2D eigenvalue weighted by Gasteiger charge is 2.19. The van der Waals surface area contributed by atoms with Crippen molar-refractivity contribution < 1.29 is 8.42 Å².